The fourth-order valence-electron chi connectivity index (χ4n) is 4.34. The van der Waals surface area contributed by atoms with Crippen molar-refractivity contribution in [2.24, 2.45) is 0 Å². The summed E-state index contributed by atoms with van der Waals surface area (Å²) in [5, 5.41) is 20.6. The van der Waals surface area contributed by atoms with Crippen LogP contribution in [0.4, 0.5) is 23.1 Å². The quantitative estimate of drug-likeness (QED) is 0.248. The van der Waals surface area contributed by atoms with E-state index in [0.717, 1.165) is 39.2 Å². The molecule has 200 valence electrons. The minimum absolute atomic E-state index is 0.0639. The van der Waals surface area contributed by atoms with Crippen LogP contribution in [0.1, 0.15) is 10.4 Å². The molecule has 0 radical (unpaired) electrons. The zero-order valence-electron chi connectivity index (χ0n) is 21.9. The first-order valence-electron chi connectivity index (χ1n) is 12.6. The number of rotatable bonds is 9. The van der Waals surface area contributed by atoms with E-state index >= 15 is 0 Å². The molecule has 12 heteroatoms. The Morgan fingerprint density at radius 3 is 2.55 bits per heavy atom. The number of carbonyl (C=O) groups is 1. The van der Waals surface area contributed by atoms with E-state index in [1.165, 1.54) is 12.4 Å². The number of nitrogens with one attached hydrogen (secondary N) is 2. The zero-order valence-corrected chi connectivity index (χ0v) is 21.9. The van der Waals surface area contributed by atoms with Gasteiger partial charge in [-0.05, 0) is 30.3 Å². The van der Waals surface area contributed by atoms with Crippen LogP contribution in [0.25, 0.3) is 27.8 Å². The Bertz CT molecular complexity index is 1790. The minimum atomic E-state index is -1.04. The van der Waals surface area contributed by atoms with Gasteiger partial charge in [0.25, 0.3) is 0 Å². The third-order valence-electron chi connectivity index (χ3n) is 6.68. The van der Waals surface area contributed by atoms with Gasteiger partial charge in [0.2, 0.25) is 5.95 Å². The first-order chi connectivity index (χ1) is 19.4. The molecule has 0 amide bonds. The number of carboxylic acids is 1. The Morgan fingerprint density at radius 2 is 1.77 bits per heavy atom. The molecule has 4 heterocycles. The van der Waals surface area contributed by atoms with Crippen molar-refractivity contribution in [2.75, 3.05) is 42.3 Å². The fraction of sp³-hybridized carbons (Fsp3) is 0.143. The average Bonchev–Trinajstić information content (AvgIpc) is 3.65. The van der Waals surface area contributed by atoms with E-state index in [0.29, 0.717) is 24.9 Å². The van der Waals surface area contributed by atoms with Gasteiger partial charge in [0.15, 0.2) is 11.5 Å². The van der Waals surface area contributed by atoms with Gasteiger partial charge in [0, 0.05) is 80.5 Å². The number of anilines is 4. The predicted octanol–water partition coefficient (Wildman–Crippen LogP) is 4.08. The van der Waals surface area contributed by atoms with Crippen LogP contribution >= 0.6 is 0 Å². The number of aromatic nitrogens is 7. The Balaban J connectivity index is 1.15. The van der Waals surface area contributed by atoms with Gasteiger partial charge in [-0.3, -0.25) is 5.10 Å². The van der Waals surface area contributed by atoms with E-state index < -0.39 is 5.97 Å². The van der Waals surface area contributed by atoms with Crippen LogP contribution in [0, 0.1) is 0 Å². The molecule has 12 nitrogen and oxygen atoms in total. The Hall–Kier alpha value is -5.52. The number of hydrogen-bond donors (Lipinski definition) is 3. The summed E-state index contributed by atoms with van der Waals surface area (Å²) >= 11 is 0. The predicted molar refractivity (Wildman–Crippen MR) is 153 cm³/mol. The van der Waals surface area contributed by atoms with Crippen molar-refractivity contribution in [1.29, 1.82) is 0 Å². The monoisotopic (exact) mass is 534 g/mol. The molecule has 0 spiro atoms. The normalized spacial score (nSPS) is 11.2. The molecule has 0 aliphatic carbocycles. The van der Waals surface area contributed by atoms with Crippen molar-refractivity contribution in [3.8, 4) is 11.3 Å². The molecule has 0 unspecified atom stereocenters. The summed E-state index contributed by atoms with van der Waals surface area (Å²) in [7, 11) is 3.89. The lowest BCUT2D eigenvalue weighted by Crippen LogP contribution is -2.31. The summed E-state index contributed by atoms with van der Waals surface area (Å²) < 4.78 is 1.96. The highest BCUT2D eigenvalue weighted by atomic mass is 16.4. The van der Waals surface area contributed by atoms with E-state index in [1.807, 2.05) is 78.3 Å². The minimum Gasteiger partial charge on any atom is -0.478 e. The van der Waals surface area contributed by atoms with Gasteiger partial charge < -0.3 is 24.6 Å². The van der Waals surface area contributed by atoms with E-state index in [4.69, 9.17) is 10.1 Å². The van der Waals surface area contributed by atoms with Crippen LogP contribution in [-0.2, 0) is 0 Å². The summed E-state index contributed by atoms with van der Waals surface area (Å²) in [4.78, 5) is 32.7. The van der Waals surface area contributed by atoms with E-state index in [-0.39, 0.29) is 5.56 Å². The van der Waals surface area contributed by atoms with Gasteiger partial charge >= 0.3 is 5.97 Å². The number of nitrogens with zero attached hydrogens (tertiary/aromatic N) is 8. The first kappa shape index (κ1) is 24.8. The van der Waals surface area contributed by atoms with E-state index in [1.54, 1.807) is 12.4 Å². The molecular weight excluding hydrogens is 508 g/mol. The van der Waals surface area contributed by atoms with Gasteiger partial charge in [-0.15, -0.1) is 0 Å². The van der Waals surface area contributed by atoms with E-state index in [9.17, 15) is 4.79 Å². The summed E-state index contributed by atoms with van der Waals surface area (Å²) in [5.41, 5.74) is 5.46. The molecule has 4 aromatic heterocycles. The molecule has 0 saturated carbocycles. The summed E-state index contributed by atoms with van der Waals surface area (Å²) in [5.74, 6) is 0.0861. The molecule has 0 aliphatic rings. The smallest absolute Gasteiger partial charge is 0.338 e. The van der Waals surface area contributed by atoms with Crippen molar-refractivity contribution in [1.82, 2.24) is 34.5 Å². The SMILES string of the molecule is CN(CCN(C)c1ncc(C(=O)O)cn1)c1ccc(Nc2nc(-c3ccc4cn[nH]c4c3)cn3ccnc23)cc1. The van der Waals surface area contributed by atoms with Crippen molar-refractivity contribution in [2.45, 2.75) is 0 Å². The number of hydrogen-bond acceptors (Lipinski definition) is 9. The second-order valence-electron chi connectivity index (χ2n) is 9.40. The molecule has 6 rings (SSSR count). The van der Waals surface area contributed by atoms with Crippen LogP contribution < -0.4 is 15.1 Å². The topological polar surface area (TPSA) is 140 Å². The van der Waals surface area contributed by atoms with Gasteiger partial charge in [0.1, 0.15) is 0 Å². The maximum absolute atomic E-state index is 11.0. The maximum atomic E-state index is 11.0. The molecule has 0 fully saturated rings. The number of H-pyrrole nitrogens is 1. The van der Waals surface area contributed by atoms with Gasteiger partial charge in [0.05, 0.1) is 23.0 Å². The summed E-state index contributed by atoms with van der Waals surface area (Å²) in [6.45, 7) is 1.37. The molecule has 0 aliphatic heterocycles. The second kappa shape index (κ2) is 10.3. The molecule has 40 heavy (non-hydrogen) atoms. The third-order valence-corrected chi connectivity index (χ3v) is 6.68. The number of aromatic carboxylic acids is 1. The zero-order chi connectivity index (χ0) is 27.6. The maximum Gasteiger partial charge on any atom is 0.338 e. The molecule has 3 N–H and O–H groups in total. The molecular formula is C28H26N10O2. The van der Waals surface area contributed by atoms with Crippen LogP contribution in [-0.4, -0.2) is 72.8 Å². The lowest BCUT2D eigenvalue weighted by Gasteiger charge is -2.24. The lowest BCUT2D eigenvalue weighted by molar-refractivity contribution is 0.0696. The third kappa shape index (κ3) is 4.97. The van der Waals surface area contributed by atoms with Gasteiger partial charge in [-0.2, -0.15) is 5.10 Å². The highest BCUT2D eigenvalue weighted by Gasteiger charge is 2.12. The van der Waals surface area contributed by atoms with Crippen molar-refractivity contribution >= 4 is 45.7 Å². The van der Waals surface area contributed by atoms with E-state index in [2.05, 4.69) is 35.4 Å². The number of likely N-dealkylation sites (N-methyl/N-ethyl adjacent to an activating group) is 2. The molecule has 0 saturated heterocycles. The average molecular weight is 535 g/mol. The highest BCUT2D eigenvalue weighted by Crippen LogP contribution is 2.27. The number of fused-ring (bicyclic) bond motifs is 2. The largest absolute Gasteiger partial charge is 0.478 e. The summed E-state index contributed by atoms with van der Waals surface area (Å²) in [6, 6.07) is 14.2. The van der Waals surface area contributed by atoms with Crippen molar-refractivity contribution < 1.29 is 9.90 Å². The van der Waals surface area contributed by atoms with Crippen LogP contribution in [0.15, 0.2) is 79.6 Å². The Labute approximate surface area is 229 Å². The van der Waals surface area contributed by atoms with Gasteiger partial charge in [-0.25, -0.2) is 24.7 Å². The molecule has 2 aromatic carbocycles. The molecule has 0 bridgehead atoms. The van der Waals surface area contributed by atoms with Crippen LogP contribution in [0.3, 0.4) is 0 Å². The lowest BCUT2D eigenvalue weighted by atomic mass is 10.1. The second-order valence-corrected chi connectivity index (χ2v) is 9.40. The highest BCUT2D eigenvalue weighted by molar-refractivity contribution is 5.87. The number of aromatic amines is 1. The molecule has 6 aromatic rings. The molecule has 0 atom stereocenters. The summed E-state index contributed by atoms with van der Waals surface area (Å²) in [6.07, 6.45) is 10.1. The number of benzene rings is 2. The van der Waals surface area contributed by atoms with Crippen molar-refractivity contribution in [3.05, 3.63) is 85.2 Å². The number of carboxylic acid groups (broad SMARTS) is 1. The fourth-order valence-corrected chi connectivity index (χ4v) is 4.34. The first-order valence-corrected chi connectivity index (χ1v) is 12.6. The van der Waals surface area contributed by atoms with Gasteiger partial charge in [-0.1, -0.05) is 12.1 Å². The Morgan fingerprint density at radius 1 is 1.00 bits per heavy atom. The van der Waals surface area contributed by atoms with Crippen LogP contribution in [0.5, 0.6) is 0 Å². The standard InChI is InChI=1S/C28H26N10O2/c1-36(11-12-37(2)28-30-14-20(15-31-28)27(39)40)22-7-5-21(6-8-22)33-25-26-29-9-10-38(26)17-24(34-25)18-3-4-19-16-32-35-23(19)13-18/h3-10,13-17H,11-12H2,1-2H3,(H,32,35)(H,33,34)(H,39,40). The van der Waals surface area contributed by atoms with Crippen LogP contribution in [0.2, 0.25) is 0 Å². The van der Waals surface area contributed by atoms with Crippen molar-refractivity contribution in [3.63, 3.8) is 0 Å². The Kier molecular flexibility index (Phi) is 6.40. The number of imidazole rings is 1.